The van der Waals surface area contributed by atoms with Crippen LogP contribution in [0.3, 0.4) is 0 Å². The van der Waals surface area contributed by atoms with Crippen molar-refractivity contribution in [1.82, 2.24) is 0 Å². The first-order valence-corrected chi connectivity index (χ1v) is 19.4. The van der Waals surface area contributed by atoms with Gasteiger partial charge in [0, 0.05) is 0 Å². The quantitative estimate of drug-likeness (QED) is 0.194. The third-order valence-electron chi connectivity index (χ3n) is 5.45. The SMILES string of the molecule is C[Si](C)=[Hf+2].[Cl-].[Cl-].c1ccc(-c2cc3ccccc3[cH-]2)cc1.c1ccc(-c2cc3ccccc3[cH-]2)cc1. The van der Waals surface area contributed by atoms with Crippen LogP contribution in [-0.2, 0) is 23.0 Å². The topological polar surface area (TPSA) is 0 Å². The van der Waals surface area contributed by atoms with E-state index in [1.807, 2.05) is 12.1 Å². The largest absolute Gasteiger partial charge is 1.00 e. The zero-order chi connectivity index (χ0) is 23.8. The fourth-order valence-corrected chi connectivity index (χ4v) is 3.90. The Kier molecular flexibility index (Phi) is 12.6. The van der Waals surface area contributed by atoms with Crippen LogP contribution in [0.2, 0.25) is 13.1 Å². The van der Waals surface area contributed by atoms with Gasteiger partial charge < -0.3 is 24.8 Å². The van der Waals surface area contributed by atoms with E-state index in [0.29, 0.717) is 0 Å². The van der Waals surface area contributed by atoms with Crippen LogP contribution < -0.4 is 24.8 Å². The predicted octanol–water partition coefficient (Wildman–Crippen LogP) is 3.24. The van der Waals surface area contributed by atoms with Crippen LogP contribution in [0.4, 0.5) is 0 Å². The Labute approximate surface area is 242 Å². The predicted molar refractivity (Wildman–Crippen MR) is 147 cm³/mol. The van der Waals surface area contributed by atoms with Gasteiger partial charge in [-0.1, -0.05) is 108 Å². The summed E-state index contributed by atoms with van der Waals surface area (Å²) in [5.74, 6) is 0. The van der Waals surface area contributed by atoms with E-state index in [0.717, 1.165) is 0 Å². The zero-order valence-corrected chi connectivity index (χ0v) is 26.6. The van der Waals surface area contributed by atoms with E-state index in [1.54, 1.807) is 0 Å². The molecule has 0 nitrogen and oxygen atoms in total. The van der Waals surface area contributed by atoms with E-state index in [2.05, 4.69) is 134 Å². The minimum atomic E-state index is 0. The van der Waals surface area contributed by atoms with Gasteiger partial charge in [-0.25, -0.2) is 0 Å². The molecule has 0 saturated heterocycles. The molecule has 0 unspecified atom stereocenters. The number of rotatable bonds is 2. The average Bonchev–Trinajstić information content (AvgIpc) is 3.50. The van der Waals surface area contributed by atoms with Crippen molar-refractivity contribution in [2.45, 2.75) is 13.1 Å². The molecule has 4 heteroatoms. The van der Waals surface area contributed by atoms with Crippen molar-refractivity contribution in [1.29, 1.82) is 0 Å². The number of hydrogen-bond donors (Lipinski definition) is 0. The Morgan fingerprint density at radius 2 is 0.806 bits per heavy atom. The maximum atomic E-state index is 2.33. The van der Waals surface area contributed by atoms with Crippen LogP contribution in [0.1, 0.15) is 0 Å². The molecule has 6 aromatic rings. The molecule has 0 atom stereocenters. The van der Waals surface area contributed by atoms with Crippen molar-refractivity contribution in [3.63, 3.8) is 0 Å². The molecule has 180 valence electrons. The second kappa shape index (κ2) is 15.1. The van der Waals surface area contributed by atoms with Crippen LogP contribution in [0.5, 0.6) is 0 Å². The van der Waals surface area contributed by atoms with Gasteiger partial charge in [0.1, 0.15) is 0 Å². The molecule has 0 aliphatic heterocycles. The molecule has 0 saturated carbocycles. The smallest absolute Gasteiger partial charge is 0.0635 e. The second-order valence-electron chi connectivity index (χ2n) is 8.48. The maximum absolute atomic E-state index is 2.33. The molecular weight excluding hydrogens is 662 g/mol. The molecule has 0 aromatic heterocycles. The molecule has 0 aliphatic carbocycles. The molecular formula is C32H28Cl2HfSi-2. The summed E-state index contributed by atoms with van der Waals surface area (Å²) in [5.41, 5.74) is 5.44. The van der Waals surface area contributed by atoms with Crippen LogP contribution in [0.25, 0.3) is 43.8 Å². The van der Waals surface area contributed by atoms with Crippen molar-refractivity contribution >= 4 is 27.0 Å². The summed E-state index contributed by atoms with van der Waals surface area (Å²) < 4.78 is 0. The Bertz CT molecular complexity index is 1300. The molecule has 0 fully saturated rings. The van der Waals surface area contributed by atoms with Crippen LogP contribution in [0.15, 0.2) is 133 Å². The first kappa shape index (κ1) is 30.0. The van der Waals surface area contributed by atoms with Gasteiger partial charge in [-0.15, -0.1) is 69.1 Å². The Morgan fingerprint density at radius 1 is 0.500 bits per heavy atom. The molecule has 36 heavy (non-hydrogen) atoms. The summed E-state index contributed by atoms with van der Waals surface area (Å²) in [4.78, 5) is 0. The monoisotopic (exact) mass is 690 g/mol. The summed E-state index contributed by atoms with van der Waals surface area (Å²) in [7, 11) is 0. The van der Waals surface area contributed by atoms with E-state index in [1.165, 1.54) is 66.8 Å². The summed E-state index contributed by atoms with van der Waals surface area (Å²) >= 11 is 1.45. The third kappa shape index (κ3) is 8.42. The molecule has 0 N–H and O–H groups in total. The molecule has 0 bridgehead atoms. The van der Waals surface area contributed by atoms with E-state index < -0.39 is 0 Å². The van der Waals surface area contributed by atoms with Gasteiger partial charge >= 0.3 is 41.6 Å². The van der Waals surface area contributed by atoms with E-state index in [9.17, 15) is 0 Å². The summed E-state index contributed by atoms with van der Waals surface area (Å²) in [5, 5.41) is 5.26. The van der Waals surface area contributed by atoms with Crippen LogP contribution >= 0.6 is 0 Å². The normalized spacial score (nSPS) is 9.67. The van der Waals surface area contributed by atoms with E-state index in [4.69, 9.17) is 0 Å². The summed E-state index contributed by atoms with van der Waals surface area (Å²) in [6.07, 6.45) is 0. The zero-order valence-electron chi connectivity index (χ0n) is 20.5. The Morgan fingerprint density at radius 3 is 1.14 bits per heavy atom. The number of fused-ring (bicyclic) bond motifs is 2. The number of halogens is 2. The molecule has 0 radical (unpaired) electrons. The minimum absolute atomic E-state index is 0. The first-order valence-electron chi connectivity index (χ1n) is 11.5. The second-order valence-corrected chi connectivity index (χ2v) is 21.3. The first-order chi connectivity index (χ1) is 16.6. The van der Waals surface area contributed by atoms with Crippen molar-refractivity contribution < 1.29 is 47.8 Å². The van der Waals surface area contributed by atoms with Crippen LogP contribution in [0, 0.1) is 0 Å². The van der Waals surface area contributed by atoms with Crippen molar-refractivity contribution in [2.75, 3.05) is 0 Å². The van der Waals surface area contributed by atoms with Crippen molar-refractivity contribution in [3.05, 3.63) is 133 Å². The maximum Gasteiger partial charge on any atom is -0.0635 e. The minimum Gasteiger partial charge on any atom is -1.00 e. The summed E-state index contributed by atoms with van der Waals surface area (Å²) in [6.45, 7) is 4.66. The third-order valence-corrected chi connectivity index (χ3v) is 5.45. The molecule has 0 amide bonds. The number of hydrogen-bond acceptors (Lipinski definition) is 0. The average molecular weight is 690 g/mol. The van der Waals surface area contributed by atoms with Gasteiger partial charge in [-0.05, 0) is 0 Å². The fourth-order valence-electron chi connectivity index (χ4n) is 3.90. The molecule has 6 rings (SSSR count). The fraction of sp³-hybridized carbons (Fsp3) is 0.0625. The van der Waals surface area contributed by atoms with Crippen LogP contribution in [-0.4, -0.2) is 5.49 Å². The Hall–Kier alpha value is -2.23. The molecule has 0 aliphatic rings. The number of benzene rings is 4. The van der Waals surface area contributed by atoms with Crippen molar-refractivity contribution in [3.8, 4) is 22.3 Å². The van der Waals surface area contributed by atoms with Gasteiger partial charge in [-0.3, -0.25) is 0 Å². The van der Waals surface area contributed by atoms with Gasteiger partial charge in [0.15, 0.2) is 0 Å². The standard InChI is InChI=1S/2C15H11.C2H6Si.2ClH.Hf/c2*1-2-6-12(7-3-1)15-10-13-8-4-5-9-14(13)11-15;1-3-2;;;/h2*1-11H;1-2H3;2*1H;/q2*-1;;;;+2/p-2. The molecule has 6 aromatic carbocycles. The van der Waals surface area contributed by atoms with Crippen molar-refractivity contribution in [2.24, 2.45) is 0 Å². The van der Waals surface area contributed by atoms with Gasteiger partial charge in [0.2, 0.25) is 0 Å². The Balaban J connectivity index is 0.000000211. The van der Waals surface area contributed by atoms with Gasteiger partial charge in [0.05, 0.1) is 0 Å². The van der Waals surface area contributed by atoms with E-state index >= 15 is 0 Å². The summed E-state index contributed by atoms with van der Waals surface area (Å²) in [6, 6.07) is 46.9. The molecule has 0 spiro atoms. The van der Waals surface area contributed by atoms with Gasteiger partial charge in [-0.2, -0.15) is 0 Å². The van der Waals surface area contributed by atoms with E-state index in [-0.39, 0.29) is 30.3 Å². The molecule has 0 heterocycles. The van der Waals surface area contributed by atoms with Gasteiger partial charge in [0.25, 0.3) is 0 Å².